The lowest BCUT2D eigenvalue weighted by atomic mass is 9.84. The van der Waals surface area contributed by atoms with E-state index in [1.54, 1.807) is 23.1 Å². The van der Waals surface area contributed by atoms with Gasteiger partial charge >= 0.3 is 0 Å². The molecule has 3 heterocycles. The van der Waals surface area contributed by atoms with E-state index in [9.17, 15) is 9.59 Å². The van der Waals surface area contributed by atoms with Gasteiger partial charge in [-0.3, -0.25) is 9.59 Å². The SMILES string of the molecule is CSc1nc(C(=O)N2CCC(C(Cc3ccccc3)N(C)C(=O)c3ccsc3)CC2)cs1. The highest BCUT2D eigenvalue weighted by atomic mass is 32.2. The number of aromatic nitrogens is 1. The minimum absolute atomic E-state index is 0.0160. The number of carbonyl (C=O) groups is 2. The monoisotopic (exact) mass is 485 g/mol. The maximum absolute atomic E-state index is 13.1. The molecule has 8 heteroatoms. The number of hydrogen-bond donors (Lipinski definition) is 0. The van der Waals surface area contributed by atoms with E-state index in [2.05, 4.69) is 17.1 Å². The zero-order valence-electron chi connectivity index (χ0n) is 18.3. The van der Waals surface area contributed by atoms with Crippen LogP contribution in [0.1, 0.15) is 39.3 Å². The normalized spacial score (nSPS) is 15.5. The van der Waals surface area contributed by atoms with Crippen molar-refractivity contribution in [3.63, 3.8) is 0 Å². The average molecular weight is 486 g/mol. The number of piperidine rings is 1. The third kappa shape index (κ3) is 5.24. The lowest BCUT2D eigenvalue weighted by molar-refractivity contribution is 0.0520. The maximum Gasteiger partial charge on any atom is 0.273 e. The van der Waals surface area contributed by atoms with Crippen molar-refractivity contribution in [3.8, 4) is 0 Å². The molecule has 0 spiro atoms. The summed E-state index contributed by atoms with van der Waals surface area (Å²) in [5.41, 5.74) is 2.52. The van der Waals surface area contributed by atoms with Crippen molar-refractivity contribution in [1.29, 1.82) is 0 Å². The smallest absolute Gasteiger partial charge is 0.273 e. The first-order valence-corrected chi connectivity index (χ1v) is 13.7. The zero-order valence-corrected chi connectivity index (χ0v) is 20.7. The van der Waals surface area contributed by atoms with Gasteiger partial charge in [-0.05, 0) is 48.4 Å². The highest BCUT2D eigenvalue weighted by Crippen LogP contribution is 2.29. The molecule has 0 radical (unpaired) electrons. The molecule has 1 aliphatic heterocycles. The van der Waals surface area contributed by atoms with E-state index in [4.69, 9.17) is 0 Å². The Morgan fingerprint density at radius 3 is 2.56 bits per heavy atom. The number of rotatable bonds is 7. The van der Waals surface area contributed by atoms with E-state index in [1.807, 2.05) is 63.5 Å². The molecule has 1 atom stereocenters. The van der Waals surface area contributed by atoms with Crippen LogP contribution in [0.25, 0.3) is 0 Å². The second kappa shape index (κ2) is 10.6. The number of benzene rings is 1. The number of thioether (sulfide) groups is 1. The summed E-state index contributed by atoms with van der Waals surface area (Å²) in [6, 6.07) is 12.3. The van der Waals surface area contributed by atoms with Crippen molar-refractivity contribution in [2.45, 2.75) is 29.6 Å². The Labute approximate surface area is 201 Å². The Bertz CT molecular complexity index is 1030. The minimum atomic E-state index is 0.0160. The van der Waals surface area contributed by atoms with Crippen molar-refractivity contribution in [1.82, 2.24) is 14.8 Å². The van der Waals surface area contributed by atoms with Gasteiger partial charge in [-0.25, -0.2) is 4.98 Å². The summed E-state index contributed by atoms with van der Waals surface area (Å²) in [5.74, 6) is 0.420. The van der Waals surface area contributed by atoms with Crippen LogP contribution in [0.2, 0.25) is 0 Å². The molecule has 5 nitrogen and oxygen atoms in total. The first-order valence-electron chi connectivity index (χ1n) is 10.7. The average Bonchev–Trinajstić information content (AvgIpc) is 3.54. The van der Waals surface area contributed by atoms with Gasteiger partial charge in [0.05, 0.1) is 5.56 Å². The Balaban J connectivity index is 1.46. The molecule has 1 aromatic carbocycles. The van der Waals surface area contributed by atoms with Crippen molar-refractivity contribution in [3.05, 3.63) is 69.4 Å². The summed E-state index contributed by atoms with van der Waals surface area (Å²) in [7, 11) is 1.92. The molecule has 1 aliphatic rings. The van der Waals surface area contributed by atoms with Gasteiger partial charge in [-0.15, -0.1) is 11.3 Å². The number of likely N-dealkylation sites (N-methyl/N-ethyl adjacent to an activating group) is 1. The summed E-state index contributed by atoms with van der Waals surface area (Å²) >= 11 is 4.62. The van der Waals surface area contributed by atoms with Crippen LogP contribution in [-0.2, 0) is 6.42 Å². The number of amides is 2. The number of hydrogen-bond acceptors (Lipinski definition) is 6. The predicted octanol–water partition coefficient (Wildman–Crippen LogP) is 5.16. The van der Waals surface area contributed by atoms with Gasteiger partial charge in [0.2, 0.25) is 0 Å². The largest absolute Gasteiger partial charge is 0.338 e. The molecule has 1 fully saturated rings. The third-order valence-electron chi connectivity index (χ3n) is 6.12. The molecule has 168 valence electrons. The van der Waals surface area contributed by atoms with E-state index < -0.39 is 0 Å². The molecular formula is C24H27N3O2S3. The molecule has 0 aliphatic carbocycles. The first-order chi connectivity index (χ1) is 15.6. The van der Waals surface area contributed by atoms with Crippen LogP contribution in [0.3, 0.4) is 0 Å². The lowest BCUT2D eigenvalue weighted by Crippen LogP contribution is -2.48. The molecule has 2 aromatic heterocycles. The fourth-order valence-corrected chi connectivity index (χ4v) is 6.18. The minimum Gasteiger partial charge on any atom is -0.338 e. The zero-order chi connectivity index (χ0) is 22.5. The van der Waals surface area contributed by atoms with E-state index >= 15 is 0 Å². The Morgan fingerprint density at radius 1 is 1.19 bits per heavy atom. The van der Waals surface area contributed by atoms with Crippen molar-refractivity contribution >= 4 is 46.2 Å². The molecule has 1 unspecified atom stereocenters. The number of carbonyl (C=O) groups excluding carboxylic acids is 2. The molecule has 0 bridgehead atoms. The van der Waals surface area contributed by atoms with Crippen LogP contribution in [0.4, 0.5) is 0 Å². The Hall–Kier alpha value is -2.16. The van der Waals surface area contributed by atoms with Gasteiger partial charge in [0.15, 0.2) is 0 Å². The summed E-state index contributed by atoms with van der Waals surface area (Å²) < 4.78 is 0.916. The molecular weight excluding hydrogens is 458 g/mol. The third-order valence-corrected chi connectivity index (χ3v) is 8.67. The van der Waals surface area contributed by atoms with E-state index in [0.717, 1.165) is 29.2 Å². The van der Waals surface area contributed by atoms with Gasteiger partial charge in [0.1, 0.15) is 10.0 Å². The van der Waals surface area contributed by atoms with Crippen LogP contribution in [-0.4, -0.2) is 59.0 Å². The molecule has 1 saturated heterocycles. The molecule has 32 heavy (non-hydrogen) atoms. The first kappa shape index (κ1) is 23.0. The summed E-state index contributed by atoms with van der Waals surface area (Å²) in [5, 5.41) is 5.71. The van der Waals surface area contributed by atoms with Crippen molar-refractivity contribution < 1.29 is 9.59 Å². The predicted molar refractivity (Wildman–Crippen MR) is 133 cm³/mol. The highest BCUT2D eigenvalue weighted by molar-refractivity contribution is 8.00. The van der Waals surface area contributed by atoms with Crippen molar-refractivity contribution in [2.75, 3.05) is 26.4 Å². The second-order valence-corrected chi connectivity index (χ2v) is 10.7. The number of thiazole rings is 1. The van der Waals surface area contributed by atoms with Gasteiger partial charge in [0, 0.05) is 36.9 Å². The molecule has 2 amide bonds. The number of thiophene rings is 1. The van der Waals surface area contributed by atoms with E-state index in [0.29, 0.717) is 24.7 Å². The van der Waals surface area contributed by atoms with Crippen LogP contribution in [0.15, 0.2) is 56.9 Å². The van der Waals surface area contributed by atoms with Gasteiger partial charge in [-0.2, -0.15) is 11.3 Å². The molecule has 0 saturated carbocycles. The quantitative estimate of drug-likeness (QED) is 0.434. The summed E-state index contributed by atoms with van der Waals surface area (Å²) in [6.07, 6.45) is 4.54. The van der Waals surface area contributed by atoms with Crippen molar-refractivity contribution in [2.24, 2.45) is 5.92 Å². The summed E-state index contributed by atoms with van der Waals surface area (Å²) in [6.45, 7) is 1.39. The van der Waals surface area contributed by atoms with Gasteiger partial charge in [-0.1, -0.05) is 42.1 Å². The van der Waals surface area contributed by atoms with Crippen LogP contribution >= 0.6 is 34.4 Å². The summed E-state index contributed by atoms with van der Waals surface area (Å²) in [4.78, 5) is 34.3. The topological polar surface area (TPSA) is 53.5 Å². The van der Waals surface area contributed by atoms with Crippen LogP contribution in [0.5, 0.6) is 0 Å². The van der Waals surface area contributed by atoms with Gasteiger partial charge < -0.3 is 9.80 Å². The van der Waals surface area contributed by atoms with E-state index in [-0.39, 0.29) is 17.9 Å². The lowest BCUT2D eigenvalue weighted by Gasteiger charge is -2.40. The maximum atomic E-state index is 13.1. The van der Waals surface area contributed by atoms with E-state index in [1.165, 1.54) is 16.9 Å². The second-order valence-electron chi connectivity index (χ2n) is 8.02. The van der Waals surface area contributed by atoms with Gasteiger partial charge in [0.25, 0.3) is 11.8 Å². The standard InChI is InChI=1S/C24H27N3O2S3/c1-26(22(28)19-10-13-31-15-19)21(14-17-6-4-3-5-7-17)18-8-11-27(12-9-18)23(29)20-16-32-24(25-20)30-2/h3-7,10,13,15-16,18,21H,8-9,11-12,14H2,1-2H3. The fraction of sp³-hybridized carbons (Fsp3) is 0.375. The molecule has 4 rings (SSSR count). The highest BCUT2D eigenvalue weighted by Gasteiger charge is 2.33. The Kier molecular flexibility index (Phi) is 7.65. The number of nitrogens with zero attached hydrogens (tertiary/aromatic N) is 3. The molecule has 3 aromatic rings. The fourth-order valence-electron chi connectivity index (χ4n) is 4.31. The van der Waals surface area contributed by atoms with Crippen LogP contribution < -0.4 is 0 Å². The Morgan fingerprint density at radius 2 is 1.94 bits per heavy atom. The van der Waals surface area contributed by atoms with Crippen LogP contribution in [0, 0.1) is 5.92 Å². The number of likely N-dealkylation sites (tertiary alicyclic amines) is 1. The molecule has 0 N–H and O–H groups in total.